The Labute approximate surface area is 119 Å². The molecule has 0 saturated heterocycles. The van der Waals surface area contributed by atoms with Crippen molar-refractivity contribution in [2.45, 2.75) is 6.54 Å². The molecular formula is C10H6Br2ClN3O. The number of rotatable bonds is 2. The number of aromatic nitrogens is 3. The van der Waals surface area contributed by atoms with Crippen molar-refractivity contribution in [1.82, 2.24) is 14.5 Å². The Bertz CT molecular complexity index is 597. The fourth-order valence-corrected chi connectivity index (χ4v) is 2.63. The van der Waals surface area contributed by atoms with Crippen LogP contribution in [0.1, 0.15) is 5.69 Å². The van der Waals surface area contributed by atoms with Gasteiger partial charge in [0.1, 0.15) is 5.15 Å². The van der Waals surface area contributed by atoms with Gasteiger partial charge in [-0.25, -0.2) is 4.98 Å². The zero-order valence-corrected chi connectivity index (χ0v) is 12.3. The Morgan fingerprint density at radius 3 is 2.71 bits per heavy atom. The second kappa shape index (κ2) is 5.29. The lowest BCUT2D eigenvalue weighted by Crippen LogP contribution is -2.21. The van der Waals surface area contributed by atoms with Gasteiger partial charge in [-0.2, -0.15) is 0 Å². The first-order chi connectivity index (χ1) is 8.06. The molecule has 0 aliphatic carbocycles. The molecule has 2 aromatic heterocycles. The van der Waals surface area contributed by atoms with Crippen LogP contribution in [0.5, 0.6) is 0 Å². The monoisotopic (exact) mass is 377 g/mol. The molecule has 0 N–H and O–H groups in total. The summed E-state index contributed by atoms with van der Waals surface area (Å²) in [6.07, 6.45) is 4.70. The molecule has 88 valence electrons. The van der Waals surface area contributed by atoms with Gasteiger partial charge in [0.25, 0.3) is 5.56 Å². The molecule has 0 bridgehead atoms. The van der Waals surface area contributed by atoms with E-state index in [-0.39, 0.29) is 5.56 Å². The van der Waals surface area contributed by atoms with E-state index in [0.29, 0.717) is 21.9 Å². The average molecular weight is 379 g/mol. The fourth-order valence-electron chi connectivity index (χ4n) is 1.28. The first-order valence-corrected chi connectivity index (χ1v) is 6.54. The first kappa shape index (κ1) is 12.7. The van der Waals surface area contributed by atoms with Crippen molar-refractivity contribution in [1.29, 1.82) is 0 Å². The minimum Gasteiger partial charge on any atom is -0.307 e. The molecule has 0 radical (unpaired) electrons. The standard InChI is InChI=1S/C10H6Br2ClN3O/c11-6-1-8(12)10(17)16(4-6)5-7-2-15-9(13)3-14-7/h1-4H,5H2. The van der Waals surface area contributed by atoms with Crippen molar-refractivity contribution in [2.24, 2.45) is 0 Å². The van der Waals surface area contributed by atoms with Crippen molar-refractivity contribution in [2.75, 3.05) is 0 Å². The van der Waals surface area contributed by atoms with Crippen LogP contribution in [0.4, 0.5) is 0 Å². The van der Waals surface area contributed by atoms with E-state index in [0.717, 1.165) is 4.47 Å². The molecule has 2 heterocycles. The molecule has 7 heteroatoms. The molecule has 0 amide bonds. The van der Waals surface area contributed by atoms with Gasteiger partial charge in [0, 0.05) is 10.7 Å². The lowest BCUT2D eigenvalue weighted by Gasteiger charge is -2.06. The third-order valence-corrected chi connectivity index (χ3v) is 3.21. The highest BCUT2D eigenvalue weighted by molar-refractivity contribution is 9.11. The van der Waals surface area contributed by atoms with Crippen LogP contribution >= 0.6 is 43.5 Å². The van der Waals surface area contributed by atoms with Gasteiger partial charge in [0.05, 0.1) is 29.1 Å². The van der Waals surface area contributed by atoms with Crippen molar-refractivity contribution >= 4 is 43.5 Å². The van der Waals surface area contributed by atoms with Gasteiger partial charge < -0.3 is 4.57 Å². The lowest BCUT2D eigenvalue weighted by molar-refractivity contribution is 0.728. The van der Waals surface area contributed by atoms with Crippen LogP contribution < -0.4 is 5.56 Å². The minimum atomic E-state index is -0.120. The average Bonchev–Trinajstić information content (AvgIpc) is 2.28. The molecule has 2 rings (SSSR count). The second-order valence-electron chi connectivity index (χ2n) is 3.27. The Hall–Kier alpha value is -0.720. The largest absolute Gasteiger partial charge is 0.307 e. The number of halogens is 3. The maximum atomic E-state index is 11.8. The van der Waals surface area contributed by atoms with E-state index in [9.17, 15) is 4.79 Å². The van der Waals surface area contributed by atoms with Gasteiger partial charge >= 0.3 is 0 Å². The van der Waals surface area contributed by atoms with E-state index in [1.54, 1.807) is 18.5 Å². The summed E-state index contributed by atoms with van der Waals surface area (Å²) in [5.74, 6) is 0. The van der Waals surface area contributed by atoms with Gasteiger partial charge in [0.2, 0.25) is 0 Å². The van der Waals surface area contributed by atoms with Gasteiger partial charge in [0.15, 0.2) is 0 Å². The molecule has 0 unspecified atom stereocenters. The topological polar surface area (TPSA) is 47.8 Å². The molecule has 0 aliphatic heterocycles. The summed E-state index contributed by atoms with van der Waals surface area (Å²) in [6.45, 7) is 0.348. The molecule has 0 aliphatic rings. The van der Waals surface area contributed by atoms with Crippen molar-refractivity contribution < 1.29 is 0 Å². The van der Waals surface area contributed by atoms with Crippen molar-refractivity contribution in [3.8, 4) is 0 Å². The predicted molar refractivity (Wildman–Crippen MR) is 72.2 cm³/mol. The maximum absolute atomic E-state index is 11.8. The highest BCUT2D eigenvalue weighted by Crippen LogP contribution is 2.13. The second-order valence-corrected chi connectivity index (χ2v) is 5.43. The minimum absolute atomic E-state index is 0.120. The number of pyridine rings is 1. The van der Waals surface area contributed by atoms with E-state index >= 15 is 0 Å². The molecular weight excluding hydrogens is 373 g/mol. The van der Waals surface area contributed by atoms with Crippen LogP contribution in [0.2, 0.25) is 5.15 Å². The van der Waals surface area contributed by atoms with Crippen LogP contribution in [0.15, 0.2) is 38.4 Å². The Morgan fingerprint density at radius 2 is 2.06 bits per heavy atom. The summed E-state index contributed by atoms with van der Waals surface area (Å²) in [5.41, 5.74) is 0.548. The Balaban J connectivity index is 2.36. The van der Waals surface area contributed by atoms with Crippen LogP contribution in [0, 0.1) is 0 Å². The van der Waals surface area contributed by atoms with Crippen LogP contribution in [-0.2, 0) is 6.54 Å². The summed E-state index contributed by atoms with van der Waals surface area (Å²) in [4.78, 5) is 19.8. The molecule has 2 aromatic rings. The quantitative estimate of drug-likeness (QED) is 0.806. The summed E-state index contributed by atoms with van der Waals surface area (Å²) in [7, 11) is 0. The highest BCUT2D eigenvalue weighted by atomic mass is 79.9. The van der Waals surface area contributed by atoms with Crippen LogP contribution in [0.3, 0.4) is 0 Å². The van der Waals surface area contributed by atoms with E-state index in [2.05, 4.69) is 41.8 Å². The Kier molecular flexibility index (Phi) is 3.96. The van der Waals surface area contributed by atoms with Crippen LogP contribution in [-0.4, -0.2) is 14.5 Å². The Morgan fingerprint density at radius 1 is 1.29 bits per heavy atom. The van der Waals surface area contributed by atoms with E-state index in [1.165, 1.54) is 10.8 Å². The third kappa shape index (κ3) is 3.14. The van der Waals surface area contributed by atoms with Gasteiger partial charge in [-0.1, -0.05) is 11.6 Å². The number of hydrogen-bond donors (Lipinski definition) is 0. The zero-order valence-electron chi connectivity index (χ0n) is 8.40. The molecule has 0 spiro atoms. The zero-order chi connectivity index (χ0) is 12.4. The summed E-state index contributed by atoms with van der Waals surface area (Å²) < 4.78 is 2.84. The molecule has 17 heavy (non-hydrogen) atoms. The summed E-state index contributed by atoms with van der Waals surface area (Å²) in [5, 5.41) is 0.330. The van der Waals surface area contributed by atoms with Crippen molar-refractivity contribution in [3.63, 3.8) is 0 Å². The van der Waals surface area contributed by atoms with E-state index < -0.39 is 0 Å². The van der Waals surface area contributed by atoms with E-state index in [4.69, 9.17) is 11.6 Å². The smallest absolute Gasteiger partial charge is 0.265 e. The predicted octanol–water partition coefficient (Wildman–Crippen LogP) is 2.87. The van der Waals surface area contributed by atoms with Gasteiger partial charge in [-0.15, -0.1) is 0 Å². The molecule has 0 aromatic carbocycles. The molecule has 4 nitrogen and oxygen atoms in total. The fraction of sp³-hybridized carbons (Fsp3) is 0.100. The third-order valence-electron chi connectivity index (χ3n) is 2.02. The number of hydrogen-bond acceptors (Lipinski definition) is 3. The summed E-state index contributed by atoms with van der Waals surface area (Å²) >= 11 is 12.2. The maximum Gasteiger partial charge on any atom is 0.265 e. The van der Waals surface area contributed by atoms with Gasteiger partial charge in [-0.05, 0) is 37.9 Å². The first-order valence-electron chi connectivity index (χ1n) is 4.58. The van der Waals surface area contributed by atoms with E-state index in [1.807, 2.05) is 0 Å². The SMILES string of the molecule is O=c1c(Br)cc(Br)cn1Cc1cnc(Cl)cn1. The van der Waals surface area contributed by atoms with Crippen molar-refractivity contribution in [3.05, 3.63) is 54.8 Å². The van der Waals surface area contributed by atoms with Crippen LogP contribution in [0.25, 0.3) is 0 Å². The normalized spacial score (nSPS) is 10.5. The molecule has 0 atom stereocenters. The molecule has 0 saturated carbocycles. The number of nitrogens with zero attached hydrogens (tertiary/aromatic N) is 3. The highest BCUT2D eigenvalue weighted by Gasteiger charge is 2.05. The molecule has 0 fully saturated rings. The summed E-state index contributed by atoms with van der Waals surface area (Å²) in [6, 6.07) is 1.70. The van der Waals surface area contributed by atoms with Gasteiger partial charge in [-0.3, -0.25) is 9.78 Å². The lowest BCUT2D eigenvalue weighted by atomic mass is 10.4.